The Hall–Kier alpha value is -8.52. The predicted molar refractivity (Wildman–Crippen MR) is 415 cm³/mol. The number of aromatic nitrogens is 2. The topological polar surface area (TPSA) is 462 Å². The van der Waals surface area contributed by atoms with E-state index in [9.17, 15) is 39.6 Å². The van der Waals surface area contributed by atoms with Gasteiger partial charge in [-0.1, -0.05) is 148 Å². The molecule has 104 heavy (non-hydrogen) atoms. The van der Waals surface area contributed by atoms with Gasteiger partial charge in [0.15, 0.2) is 17.9 Å². The highest BCUT2D eigenvalue weighted by molar-refractivity contribution is 8.15. The van der Waals surface area contributed by atoms with Crippen molar-refractivity contribution < 1.29 is 54.6 Å². The van der Waals surface area contributed by atoms with Gasteiger partial charge in [-0.25, -0.2) is 10.6 Å². The number of halogens is 3. The number of nitrogens with two attached hydrogens (primary N) is 3. The normalized spacial score (nSPS) is 18.9. The molecule has 2 unspecified atom stereocenters. The van der Waals surface area contributed by atoms with Crippen LogP contribution in [-0.4, -0.2) is 180 Å². The van der Waals surface area contributed by atoms with Crippen LogP contribution in [0.1, 0.15) is 98.0 Å². The molecular formula is C73H105Cl3N16O11S. The Morgan fingerprint density at radius 3 is 1.88 bits per heavy atom. The first-order valence-electron chi connectivity index (χ1n) is 33.9. The molecule has 3 fully saturated rings. The van der Waals surface area contributed by atoms with E-state index in [1.54, 1.807) is 4.90 Å². The number of hydrazine groups is 1. The summed E-state index contributed by atoms with van der Waals surface area (Å²) in [6.07, 6.45) is 8.50. The van der Waals surface area contributed by atoms with Crippen LogP contribution in [0.3, 0.4) is 0 Å². The Morgan fingerprint density at radius 1 is 0.750 bits per heavy atom. The second-order valence-corrected chi connectivity index (χ2v) is 25.8. The lowest BCUT2D eigenvalue weighted by Crippen LogP contribution is -2.62. The number of carbonyl (C=O) groups is 4. The average Bonchev–Trinajstić information content (AvgIpc) is 0.987. The van der Waals surface area contributed by atoms with E-state index < -0.39 is 36.4 Å². The number of ether oxygens (including phenoxy) is 1. The number of aliphatic hydroxyl groups excluding tert-OH is 5. The summed E-state index contributed by atoms with van der Waals surface area (Å²) in [5, 5.41) is 88.8. The molecule has 4 aromatic carbocycles. The van der Waals surface area contributed by atoms with Crippen LogP contribution in [0.25, 0.3) is 0 Å². The molecule has 2 saturated heterocycles. The number of aliphatic hydroxyl groups is 5. The molecule has 6 aromatic rings. The van der Waals surface area contributed by atoms with Crippen LogP contribution in [0.5, 0.6) is 5.75 Å². The maximum Gasteiger partial charge on any atom is 0.326 e. The Bertz CT molecular complexity index is 3440. The third-order valence-electron chi connectivity index (χ3n) is 17.0. The van der Waals surface area contributed by atoms with E-state index in [0.717, 1.165) is 110 Å². The number of aryl methyl sites for hydroxylation is 1. The highest BCUT2D eigenvalue weighted by Gasteiger charge is 2.41. The summed E-state index contributed by atoms with van der Waals surface area (Å²) < 4.78 is 5.75. The quantitative estimate of drug-likeness (QED) is 0.0160. The van der Waals surface area contributed by atoms with E-state index in [-0.39, 0.29) is 116 Å². The molecule has 10 rings (SSSR count). The largest absolute Gasteiger partial charge is 0.493 e. The van der Waals surface area contributed by atoms with Gasteiger partial charge in [0.2, 0.25) is 11.8 Å². The van der Waals surface area contributed by atoms with Gasteiger partial charge in [-0.15, -0.1) is 37.2 Å². The molecule has 3 aliphatic heterocycles. The molecule has 0 spiro atoms. The molecule has 5 heterocycles. The van der Waals surface area contributed by atoms with Gasteiger partial charge in [-0.2, -0.15) is 0 Å². The van der Waals surface area contributed by atoms with Gasteiger partial charge in [0.25, 0.3) is 5.24 Å². The van der Waals surface area contributed by atoms with Crippen molar-refractivity contribution in [2.45, 2.75) is 127 Å². The lowest BCUT2D eigenvalue weighted by molar-refractivity contribution is -0.146. The minimum absolute atomic E-state index is 0. The van der Waals surface area contributed by atoms with E-state index >= 15 is 0 Å². The van der Waals surface area contributed by atoms with Crippen LogP contribution in [0.4, 0.5) is 4.79 Å². The van der Waals surface area contributed by atoms with E-state index in [0.29, 0.717) is 37.8 Å². The van der Waals surface area contributed by atoms with Crippen molar-refractivity contribution in [1.82, 2.24) is 46.9 Å². The first kappa shape index (κ1) is 91.6. The summed E-state index contributed by atoms with van der Waals surface area (Å²) in [7, 11) is 0. The molecule has 7 atom stereocenters. The summed E-state index contributed by atoms with van der Waals surface area (Å²) in [6.45, 7) is 9.58. The van der Waals surface area contributed by atoms with Crippen molar-refractivity contribution >= 4 is 95.7 Å². The average molecular weight is 1520 g/mol. The van der Waals surface area contributed by atoms with Gasteiger partial charge < -0.3 is 62.8 Å². The Kier molecular flexibility index (Phi) is 44.7. The number of aliphatic carboxylic acids is 1. The predicted octanol–water partition coefficient (Wildman–Crippen LogP) is 5.61. The third-order valence-corrected chi connectivity index (χ3v) is 18.0. The van der Waals surface area contributed by atoms with Gasteiger partial charge in [0, 0.05) is 81.1 Å². The van der Waals surface area contributed by atoms with Crippen molar-refractivity contribution in [3.8, 4) is 5.75 Å². The molecule has 21 N–H and O–H groups in total. The molecule has 3 amide bonds. The molecule has 0 radical (unpaired) electrons. The second kappa shape index (κ2) is 50.8. The van der Waals surface area contributed by atoms with Crippen LogP contribution >= 0.6 is 49.0 Å². The number of carboxylic acid groups (broad SMARTS) is 1. The third kappa shape index (κ3) is 33.9. The number of aliphatic imine (C=N–C) groups is 1. The first-order valence-corrected chi connectivity index (χ1v) is 34.7. The van der Waals surface area contributed by atoms with Gasteiger partial charge >= 0.3 is 5.97 Å². The number of nitrogens with zero attached hydrogens (tertiary/aromatic N) is 4. The second-order valence-electron chi connectivity index (χ2n) is 24.6. The summed E-state index contributed by atoms with van der Waals surface area (Å²) in [6, 6.07) is 46.3. The standard InChI is InChI=1S/C19H20N2O3S.C19H27NO3.C16H17N3.C10H15N5.C8H17NO5.CH6N4.3ClH/c1-2-13-3-6-15(20-12-13)9-10-24-16-7-4-14(5-8-16)11-17-18(22)21-19(23)25-17;1-13(2)15-8-10-16(11-9-15)18(21)20-17(19(22)23)12-14-6-4-3-5-7-14;1-2-6-13(7-3-1)14(12-16-18-10-11-19-16)15-8-4-5-9-17-15;11-9(12)15-10(13)14-7-6-8-4-2-1-3-5-8;10-2-1-9-3-6(12)8(14)7(13)5(9)4-11;2-1(3)5-4;;;/h3-8,12,17H,2,9-11H2,1H3,(H,21,22,23);3-7,13,15-17H,8-12H2,1-2H3,(H,20,21)(H,22,23);1-9,14H,10-12H2,(H,18,19);1-5H,6-7H2,(H6,11,12,13,14,15);5-8,10-14H,1-4H2;4H2,(H4,2,3,5);3*1H/t;15-,16-,17-;;;5-,6+,7-,8-;;;;/m.1..1..../s1. The minimum Gasteiger partial charge on any atom is -0.493 e. The van der Waals surface area contributed by atoms with Crippen LogP contribution in [0.2, 0.25) is 0 Å². The number of thioether (sulfide) groups is 1. The Labute approximate surface area is 632 Å². The Balaban J connectivity index is 0.000000437. The number of β-amino-alcohol motifs (C(OH)–C–C–N with tert-alkyl or cyclic N) is 2. The molecular weight excluding hydrogens is 1420 g/mol. The van der Waals surface area contributed by atoms with Crippen LogP contribution < -0.4 is 54.1 Å². The number of imide groups is 1. The number of likely N-dealkylation sites (tertiary alicyclic amines) is 1. The van der Waals surface area contributed by atoms with Crippen LogP contribution in [0, 0.1) is 34.0 Å². The van der Waals surface area contributed by atoms with Crippen molar-refractivity contribution in [1.29, 1.82) is 16.2 Å². The highest BCUT2D eigenvalue weighted by Crippen LogP contribution is 2.34. The van der Waals surface area contributed by atoms with E-state index in [2.05, 4.69) is 110 Å². The summed E-state index contributed by atoms with van der Waals surface area (Å²) in [5.74, 6) is 6.36. The van der Waals surface area contributed by atoms with Gasteiger partial charge in [-0.05, 0) is 115 Å². The number of benzene rings is 4. The SMILES string of the molecule is CC(C)[C@H]1CC[C@H](C(=O)N[C@H](Cc2ccccc2)C(=O)O)CC1.CCc1ccc(CCOc2ccc(CC3SC(=O)NC3=O)cc2)nc1.Cl.Cl.Cl.N=C(N)NC(=N)NCCc1ccccc1.N=C(N)NN.OCCN1C[C@H](O)[C@@H](O)[C@H](O)[C@H]1CO.c1ccc(C(CC2=NCCN2)c2ccccn2)cc1. The number of hydrogen-bond donors (Lipinski definition) is 18. The fraction of sp³-hybridized carbons (Fsp3) is 0.425. The smallest absolute Gasteiger partial charge is 0.326 e. The fourth-order valence-electron chi connectivity index (χ4n) is 11.3. The zero-order chi connectivity index (χ0) is 73.5. The van der Waals surface area contributed by atoms with Gasteiger partial charge in [0.05, 0.1) is 49.6 Å². The monoisotopic (exact) mass is 1520 g/mol. The van der Waals surface area contributed by atoms with Crippen molar-refractivity contribution in [3.05, 3.63) is 197 Å². The van der Waals surface area contributed by atoms with E-state index in [4.69, 9.17) is 36.9 Å². The molecule has 1 saturated carbocycles. The molecule has 570 valence electrons. The summed E-state index contributed by atoms with van der Waals surface area (Å²) >= 11 is 1.05. The maximum absolute atomic E-state index is 12.4. The zero-order valence-electron chi connectivity index (χ0n) is 58.9. The minimum atomic E-state index is -1.23. The fourth-order valence-corrected chi connectivity index (χ4v) is 12.2. The van der Waals surface area contributed by atoms with Crippen molar-refractivity contribution in [2.75, 3.05) is 52.5 Å². The van der Waals surface area contributed by atoms with Crippen LogP contribution in [-0.2, 0) is 46.5 Å². The molecule has 0 bridgehead atoms. The molecule has 27 nitrogen and oxygen atoms in total. The number of rotatable bonds is 23. The number of amidine groups is 1. The highest BCUT2D eigenvalue weighted by atomic mass is 35.5. The number of hydrogen-bond acceptors (Lipinski definition) is 20. The number of guanidine groups is 3. The van der Waals surface area contributed by atoms with Gasteiger partial charge in [-0.3, -0.25) is 66.5 Å². The Morgan fingerprint density at radius 2 is 1.37 bits per heavy atom. The van der Waals surface area contributed by atoms with E-state index in [1.165, 1.54) is 16.7 Å². The molecule has 4 aliphatic rings. The van der Waals surface area contributed by atoms with E-state index in [1.807, 2.05) is 127 Å². The summed E-state index contributed by atoms with van der Waals surface area (Å²) in [5.41, 5.74) is 19.4. The van der Waals surface area contributed by atoms with Crippen molar-refractivity contribution in [3.63, 3.8) is 0 Å². The number of nitrogens with one attached hydrogen (secondary N) is 9. The first-order chi connectivity index (χ1) is 48.6. The summed E-state index contributed by atoms with van der Waals surface area (Å²) in [4.78, 5) is 61.6. The lowest BCUT2D eigenvalue weighted by atomic mass is 9.76. The number of piperidine rings is 1. The molecule has 1 aliphatic carbocycles. The van der Waals surface area contributed by atoms with Crippen LogP contribution in [0.15, 0.2) is 163 Å². The molecule has 2 aromatic heterocycles. The maximum atomic E-state index is 12.4. The molecule has 31 heteroatoms. The van der Waals surface area contributed by atoms with Gasteiger partial charge in [0.1, 0.15) is 24.0 Å². The number of amides is 3. The number of carbonyl (C=O) groups excluding carboxylic acids is 3. The number of pyridine rings is 2. The van der Waals surface area contributed by atoms with Crippen molar-refractivity contribution in [2.24, 2.45) is 40.1 Å². The number of carboxylic acids is 1. The zero-order valence-corrected chi connectivity index (χ0v) is 62.2. The lowest BCUT2D eigenvalue weighted by Gasteiger charge is -2.42.